The normalized spacial score (nSPS) is 17.1. The van der Waals surface area contributed by atoms with Crippen LogP contribution < -0.4 is 5.32 Å². The van der Waals surface area contributed by atoms with Gasteiger partial charge in [-0.1, -0.05) is 32.9 Å². The maximum atomic E-state index is 12.8. The van der Waals surface area contributed by atoms with Gasteiger partial charge in [0.15, 0.2) is 0 Å². The molecule has 1 aliphatic rings. The van der Waals surface area contributed by atoms with E-state index in [4.69, 9.17) is 0 Å². The van der Waals surface area contributed by atoms with Crippen LogP contribution in [0.1, 0.15) is 33.3 Å². The molecule has 1 aromatic carbocycles. The molecule has 0 unspecified atom stereocenters. The molecular weight excluding hydrogens is 346 g/mol. The van der Waals surface area contributed by atoms with Crippen molar-refractivity contribution in [3.8, 4) is 6.07 Å². The van der Waals surface area contributed by atoms with Gasteiger partial charge in [-0.05, 0) is 42.2 Å². The van der Waals surface area contributed by atoms with Crippen LogP contribution in [0.4, 0.5) is 0 Å². The highest BCUT2D eigenvalue weighted by molar-refractivity contribution is 7.95. The summed E-state index contributed by atoms with van der Waals surface area (Å²) in [6.07, 6.45) is 3.12. The van der Waals surface area contributed by atoms with E-state index in [0.717, 1.165) is 37.4 Å². The van der Waals surface area contributed by atoms with Crippen LogP contribution in [0.15, 0.2) is 51.9 Å². The van der Waals surface area contributed by atoms with Gasteiger partial charge in [0.2, 0.25) is 9.84 Å². The van der Waals surface area contributed by atoms with E-state index in [-0.39, 0.29) is 15.2 Å². The molecule has 6 heteroatoms. The van der Waals surface area contributed by atoms with Crippen LogP contribution in [0.5, 0.6) is 0 Å². The fourth-order valence-electron chi connectivity index (χ4n) is 2.77. The van der Waals surface area contributed by atoms with Crippen molar-refractivity contribution in [2.24, 2.45) is 0 Å². The molecular formula is C20H27N3O2S. The van der Waals surface area contributed by atoms with Gasteiger partial charge >= 0.3 is 0 Å². The summed E-state index contributed by atoms with van der Waals surface area (Å²) in [6.45, 7) is 11.7. The van der Waals surface area contributed by atoms with Gasteiger partial charge < -0.3 is 10.2 Å². The number of sulfone groups is 1. The van der Waals surface area contributed by atoms with E-state index in [0.29, 0.717) is 0 Å². The lowest BCUT2D eigenvalue weighted by Gasteiger charge is -2.29. The number of benzene rings is 1. The zero-order valence-corrected chi connectivity index (χ0v) is 16.7. The minimum absolute atomic E-state index is 0.0562. The lowest BCUT2D eigenvalue weighted by Crippen LogP contribution is -2.42. The molecule has 1 heterocycles. The average molecular weight is 374 g/mol. The summed E-state index contributed by atoms with van der Waals surface area (Å²) < 4.78 is 25.5. The third-order valence-electron chi connectivity index (χ3n) is 4.52. The maximum Gasteiger partial charge on any atom is 0.216 e. The fraction of sp³-hybridized carbons (Fsp3) is 0.450. The maximum absolute atomic E-state index is 12.8. The first-order valence-electron chi connectivity index (χ1n) is 8.76. The van der Waals surface area contributed by atoms with Crippen molar-refractivity contribution in [3.05, 3.63) is 52.6 Å². The van der Waals surface area contributed by atoms with Gasteiger partial charge in [0, 0.05) is 31.9 Å². The van der Waals surface area contributed by atoms with Crippen LogP contribution in [0, 0.1) is 11.3 Å². The number of rotatable bonds is 4. The Balaban J connectivity index is 2.28. The Morgan fingerprint density at radius 3 is 2.23 bits per heavy atom. The SMILES string of the molecule is CC(=CC=C(C#N)S(=O)(=O)c1ccc(C(C)(C)C)cc1)N1CCNCC1. The van der Waals surface area contributed by atoms with Crippen molar-refractivity contribution in [3.63, 3.8) is 0 Å². The van der Waals surface area contributed by atoms with Crippen LogP contribution in [-0.4, -0.2) is 39.5 Å². The molecule has 26 heavy (non-hydrogen) atoms. The molecule has 0 aliphatic carbocycles. The van der Waals surface area contributed by atoms with E-state index >= 15 is 0 Å². The zero-order chi connectivity index (χ0) is 19.4. The van der Waals surface area contributed by atoms with Crippen molar-refractivity contribution in [2.45, 2.75) is 38.0 Å². The summed E-state index contributed by atoms with van der Waals surface area (Å²) in [4.78, 5) is 2.08. The molecule has 140 valence electrons. The third-order valence-corrected chi connectivity index (χ3v) is 6.22. The Hall–Kier alpha value is -2.10. The first-order chi connectivity index (χ1) is 12.2. The summed E-state index contributed by atoms with van der Waals surface area (Å²) >= 11 is 0. The number of nitrogens with zero attached hydrogens (tertiary/aromatic N) is 2. The smallest absolute Gasteiger partial charge is 0.216 e. The second kappa shape index (κ2) is 8.07. The van der Waals surface area contributed by atoms with Gasteiger partial charge in [-0.2, -0.15) is 5.26 Å². The van der Waals surface area contributed by atoms with Gasteiger partial charge in [0.05, 0.1) is 4.90 Å². The second-order valence-corrected chi connectivity index (χ2v) is 9.38. The van der Waals surface area contributed by atoms with Gasteiger partial charge in [0.1, 0.15) is 11.0 Å². The highest BCUT2D eigenvalue weighted by Crippen LogP contribution is 2.25. The van der Waals surface area contributed by atoms with E-state index in [2.05, 4.69) is 31.0 Å². The largest absolute Gasteiger partial charge is 0.372 e. The van der Waals surface area contributed by atoms with Crippen molar-refractivity contribution < 1.29 is 8.42 Å². The summed E-state index contributed by atoms with van der Waals surface area (Å²) in [5, 5.41) is 12.7. The molecule has 0 saturated carbocycles. The van der Waals surface area contributed by atoms with Crippen LogP contribution in [0.2, 0.25) is 0 Å². The summed E-state index contributed by atoms with van der Waals surface area (Å²) in [5.74, 6) is 0. The quantitative estimate of drug-likeness (QED) is 0.649. The van der Waals surface area contributed by atoms with Crippen LogP contribution in [0.3, 0.4) is 0 Å². The fourth-order valence-corrected chi connectivity index (χ4v) is 3.88. The van der Waals surface area contributed by atoms with E-state index in [1.165, 1.54) is 6.08 Å². The van der Waals surface area contributed by atoms with Gasteiger partial charge in [-0.3, -0.25) is 0 Å². The standard InChI is InChI=1S/C20H27N3O2S/c1-16(23-13-11-22-12-14-23)5-8-19(15-21)26(24,25)18-9-6-17(7-10-18)20(2,3)4/h5-10,22H,11-14H2,1-4H3. The number of hydrogen-bond acceptors (Lipinski definition) is 5. The Bertz CT molecular complexity index is 833. The summed E-state index contributed by atoms with van der Waals surface area (Å²) in [5.41, 5.74) is 1.95. The first-order valence-corrected chi connectivity index (χ1v) is 10.2. The van der Waals surface area contributed by atoms with Crippen molar-refractivity contribution in [2.75, 3.05) is 26.2 Å². The Morgan fingerprint density at radius 2 is 1.73 bits per heavy atom. The number of piperazine rings is 1. The van der Waals surface area contributed by atoms with Crippen LogP contribution in [-0.2, 0) is 15.3 Å². The number of nitrogens with one attached hydrogen (secondary N) is 1. The molecule has 1 saturated heterocycles. The van der Waals surface area contributed by atoms with Gasteiger partial charge in [-0.25, -0.2) is 8.42 Å². The predicted octanol–water partition coefficient (Wildman–Crippen LogP) is 2.97. The van der Waals surface area contributed by atoms with E-state index < -0.39 is 9.84 Å². The number of allylic oxidation sites excluding steroid dienone is 4. The molecule has 0 spiro atoms. The predicted molar refractivity (Wildman–Crippen MR) is 104 cm³/mol. The molecule has 1 aliphatic heterocycles. The molecule has 2 rings (SSSR count). The lowest BCUT2D eigenvalue weighted by molar-refractivity contribution is 0.300. The van der Waals surface area contributed by atoms with Gasteiger partial charge in [0.25, 0.3) is 0 Å². The molecule has 5 nitrogen and oxygen atoms in total. The Morgan fingerprint density at radius 1 is 1.15 bits per heavy atom. The topological polar surface area (TPSA) is 73.2 Å². The molecule has 0 amide bonds. The minimum atomic E-state index is -3.82. The van der Waals surface area contributed by atoms with Crippen LogP contribution >= 0.6 is 0 Å². The summed E-state index contributed by atoms with van der Waals surface area (Å²) in [7, 11) is -3.82. The van der Waals surface area contributed by atoms with E-state index in [9.17, 15) is 13.7 Å². The Kier molecular flexibility index (Phi) is 6.27. The molecule has 0 bridgehead atoms. The summed E-state index contributed by atoms with van der Waals surface area (Å²) in [6, 6.07) is 8.61. The first kappa shape index (κ1) is 20.2. The monoisotopic (exact) mass is 373 g/mol. The van der Waals surface area contributed by atoms with Crippen molar-refractivity contribution in [1.29, 1.82) is 5.26 Å². The second-order valence-electron chi connectivity index (χ2n) is 7.47. The van der Waals surface area contributed by atoms with E-state index in [1.54, 1.807) is 18.2 Å². The minimum Gasteiger partial charge on any atom is -0.372 e. The lowest BCUT2D eigenvalue weighted by atomic mass is 9.87. The highest BCUT2D eigenvalue weighted by Gasteiger charge is 2.22. The van der Waals surface area contributed by atoms with Crippen LogP contribution in [0.25, 0.3) is 0 Å². The highest BCUT2D eigenvalue weighted by atomic mass is 32.2. The Labute approximate surface area is 156 Å². The zero-order valence-electron chi connectivity index (χ0n) is 15.9. The third kappa shape index (κ3) is 4.75. The number of nitriles is 1. The molecule has 1 N–H and O–H groups in total. The average Bonchev–Trinajstić information content (AvgIpc) is 2.62. The molecule has 0 atom stereocenters. The molecule has 1 aromatic rings. The van der Waals surface area contributed by atoms with Crippen molar-refractivity contribution in [1.82, 2.24) is 10.2 Å². The van der Waals surface area contributed by atoms with Crippen molar-refractivity contribution >= 4 is 9.84 Å². The van der Waals surface area contributed by atoms with Gasteiger partial charge in [-0.15, -0.1) is 0 Å². The molecule has 0 radical (unpaired) electrons. The molecule has 1 fully saturated rings. The number of hydrogen-bond donors (Lipinski definition) is 1. The molecule has 0 aromatic heterocycles. The van der Waals surface area contributed by atoms with E-state index in [1.807, 2.05) is 25.1 Å².